The van der Waals surface area contributed by atoms with Gasteiger partial charge < -0.3 is 14.2 Å². The van der Waals surface area contributed by atoms with Crippen molar-refractivity contribution in [2.45, 2.75) is 20.1 Å². The molecule has 0 saturated heterocycles. The summed E-state index contributed by atoms with van der Waals surface area (Å²) < 4.78 is 18.0. The summed E-state index contributed by atoms with van der Waals surface area (Å²) >= 11 is 6.33. The molecule has 0 radical (unpaired) electrons. The van der Waals surface area contributed by atoms with Crippen LogP contribution in [0.5, 0.6) is 11.6 Å². The monoisotopic (exact) mass is 451 g/mol. The number of rotatable bonds is 8. The number of hydrogen-bond donors (Lipinski definition) is 0. The van der Waals surface area contributed by atoms with Crippen LogP contribution >= 0.6 is 11.6 Å². The highest BCUT2D eigenvalue weighted by atomic mass is 35.5. The molecule has 3 aromatic carbocycles. The third-order valence-corrected chi connectivity index (χ3v) is 5.31. The minimum absolute atomic E-state index is 0.0404. The normalized spacial score (nSPS) is 10.8. The molecule has 32 heavy (non-hydrogen) atoms. The number of carbonyl (C=O) groups is 1. The van der Waals surface area contributed by atoms with E-state index in [2.05, 4.69) is 10.3 Å². The molecule has 0 aliphatic carbocycles. The van der Waals surface area contributed by atoms with Gasteiger partial charge in [-0.1, -0.05) is 59.3 Å². The molecular formula is C24H22ClN3O4. The second-order valence-electron chi connectivity index (χ2n) is 7.01. The van der Waals surface area contributed by atoms with E-state index in [0.29, 0.717) is 11.6 Å². The first-order valence-corrected chi connectivity index (χ1v) is 10.5. The molecule has 0 spiro atoms. The maximum atomic E-state index is 12.4. The summed E-state index contributed by atoms with van der Waals surface area (Å²) in [5, 5.41) is 10.7. The Kier molecular flexibility index (Phi) is 6.56. The molecule has 0 atom stereocenters. The van der Waals surface area contributed by atoms with Gasteiger partial charge in [0.1, 0.15) is 12.4 Å². The smallest absolute Gasteiger partial charge is 0.364 e. The third kappa shape index (κ3) is 4.53. The van der Waals surface area contributed by atoms with E-state index in [1.807, 2.05) is 60.7 Å². The highest BCUT2D eigenvalue weighted by Crippen LogP contribution is 2.28. The summed E-state index contributed by atoms with van der Waals surface area (Å²) in [6, 6.07) is 19.1. The Morgan fingerprint density at radius 2 is 1.78 bits per heavy atom. The van der Waals surface area contributed by atoms with Crippen LogP contribution in [0.1, 0.15) is 28.5 Å². The summed E-state index contributed by atoms with van der Waals surface area (Å²) in [5.41, 5.74) is 1.92. The summed E-state index contributed by atoms with van der Waals surface area (Å²) in [6.07, 6.45) is 0. The van der Waals surface area contributed by atoms with Crippen molar-refractivity contribution in [2.75, 3.05) is 13.7 Å². The second kappa shape index (κ2) is 9.70. The Balaban J connectivity index is 1.64. The van der Waals surface area contributed by atoms with Crippen LogP contribution in [-0.2, 0) is 17.9 Å². The highest BCUT2D eigenvalue weighted by Gasteiger charge is 2.23. The maximum Gasteiger partial charge on any atom is 0.364 e. The van der Waals surface area contributed by atoms with Crippen molar-refractivity contribution >= 4 is 28.3 Å². The van der Waals surface area contributed by atoms with Crippen LogP contribution in [0.3, 0.4) is 0 Å². The fraction of sp³-hybridized carbons (Fsp3) is 0.208. The van der Waals surface area contributed by atoms with Crippen LogP contribution in [-0.4, -0.2) is 34.7 Å². The van der Waals surface area contributed by atoms with E-state index in [0.717, 1.165) is 27.6 Å². The van der Waals surface area contributed by atoms with Crippen LogP contribution in [0.15, 0.2) is 60.7 Å². The van der Waals surface area contributed by atoms with Gasteiger partial charge in [-0.2, -0.15) is 0 Å². The molecule has 0 unspecified atom stereocenters. The number of halogens is 1. The first-order chi connectivity index (χ1) is 15.6. The standard InChI is InChI=1S/C24H22ClN3O4/c1-3-31-24(29)22-23(28(27-26-22)14-16-8-11-18(30-2)12-9-16)32-15-17-10-13-21(25)20-7-5-4-6-19(17)20/h4-13H,3,14-15H2,1-2H3. The van der Waals surface area contributed by atoms with Crippen LogP contribution in [0, 0.1) is 0 Å². The number of methoxy groups -OCH3 is 1. The van der Waals surface area contributed by atoms with E-state index in [9.17, 15) is 4.79 Å². The van der Waals surface area contributed by atoms with Crippen LogP contribution in [0.2, 0.25) is 5.02 Å². The number of aromatic nitrogens is 3. The zero-order valence-electron chi connectivity index (χ0n) is 17.7. The molecule has 4 aromatic rings. The zero-order chi connectivity index (χ0) is 22.5. The second-order valence-corrected chi connectivity index (χ2v) is 7.42. The molecule has 0 aliphatic heterocycles. The van der Waals surface area contributed by atoms with Gasteiger partial charge in [-0.15, -0.1) is 5.10 Å². The Hall–Kier alpha value is -3.58. The van der Waals surface area contributed by atoms with Gasteiger partial charge in [0.2, 0.25) is 11.6 Å². The molecule has 0 N–H and O–H groups in total. The van der Waals surface area contributed by atoms with E-state index >= 15 is 0 Å². The molecule has 4 rings (SSSR count). The molecule has 0 aliphatic rings. The third-order valence-electron chi connectivity index (χ3n) is 4.98. The van der Waals surface area contributed by atoms with Gasteiger partial charge in [0.05, 0.1) is 20.3 Å². The average Bonchev–Trinajstić information content (AvgIpc) is 3.22. The van der Waals surface area contributed by atoms with Gasteiger partial charge in [-0.05, 0) is 41.6 Å². The number of carbonyl (C=O) groups excluding carboxylic acids is 1. The Morgan fingerprint density at radius 3 is 2.50 bits per heavy atom. The van der Waals surface area contributed by atoms with Crippen molar-refractivity contribution in [2.24, 2.45) is 0 Å². The van der Waals surface area contributed by atoms with E-state index in [1.54, 1.807) is 18.7 Å². The van der Waals surface area contributed by atoms with Crippen molar-refractivity contribution in [3.05, 3.63) is 82.5 Å². The lowest BCUT2D eigenvalue weighted by molar-refractivity contribution is 0.0513. The molecule has 1 heterocycles. The molecule has 0 saturated carbocycles. The highest BCUT2D eigenvalue weighted by molar-refractivity contribution is 6.35. The Labute approximate surface area is 190 Å². The van der Waals surface area contributed by atoms with Gasteiger partial charge in [-0.25, -0.2) is 9.48 Å². The number of fused-ring (bicyclic) bond motifs is 1. The van der Waals surface area contributed by atoms with Crippen molar-refractivity contribution < 1.29 is 19.0 Å². The van der Waals surface area contributed by atoms with E-state index in [4.69, 9.17) is 25.8 Å². The number of benzene rings is 3. The van der Waals surface area contributed by atoms with Crippen molar-refractivity contribution in [1.29, 1.82) is 0 Å². The molecule has 7 nitrogen and oxygen atoms in total. The quantitative estimate of drug-likeness (QED) is 0.355. The molecule has 0 bridgehead atoms. The number of esters is 1. The van der Waals surface area contributed by atoms with Crippen molar-refractivity contribution in [3.8, 4) is 11.6 Å². The summed E-state index contributed by atoms with van der Waals surface area (Å²) in [7, 11) is 1.62. The average molecular weight is 452 g/mol. The van der Waals surface area contributed by atoms with Crippen LogP contribution in [0.4, 0.5) is 0 Å². The predicted octanol–water partition coefficient (Wildman–Crippen LogP) is 4.90. The van der Waals surface area contributed by atoms with Gasteiger partial charge in [-0.3, -0.25) is 0 Å². The van der Waals surface area contributed by atoms with E-state index in [1.165, 1.54) is 0 Å². The van der Waals surface area contributed by atoms with Crippen molar-refractivity contribution in [1.82, 2.24) is 15.0 Å². The molecular weight excluding hydrogens is 430 g/mol. The lowest BCUT2D eigenvalue weighted by atomic mass is 10.1. The van der Waals surface area contributed by atoms with E-state index in [-0.39, 0.29) is 24.8 Å². The van der Waals surface area contributed by atoms with Gasteiger partial charge in [0.15, 0.2) is 0 Å². The lowest BCUT2D eigenvalue weighted by Gasteiger charge is -2.12. The van der Waals surface area contributed by atoms with Gasteiger partial charge in [0.25, 0.3) is 0 Å². The van der Waals surface area contributed by atoms with Crippen molar-refractivity contribution in [3.63, 3.8) is 0 Å². The molecule has 8 heteroatoms. The summed E-state index contributed by atoms with van der Waals surface area (Å²) in [4.78, 5) is 12.4. The fourth-order valence-corrected chi connectivity index (χ4v) is 3.61. The number of ether oxygens (including phenoxy) is 3. The summed E-state index contributed by atoms with van der Waals surface area (Å²) in [6.45, 7) is 2.54. The Morgan fingerprint density at radius 1 is 1.03 bits per heavy atom. The minimum Gasteiger partial charge on any atom is -0.497 e. The van der Waals surface area contributed by atoms with Gasteiger partial charge >= 0.3 is 5.97 Å². The molecule has 0 fully saturated rings. The molecule has 164 valence electrons. The molecule has 0 amide bonds. The minimum atomic E-state index is -0.579. The SMILES string of the molecule is CCOC(=O)c1nnn(Cc2ccc(OC)cc2)c1OCc1ccc(Cl)c2ccccc12. The largest absolute Gasteiger partial charge is 0.497 e. The molecule has 1 aromatic heterocycles. The zero-order valence-corrected chi connectivity index (χ0v) is 18.5. The van der Waals surface area contributed by atoms with Gasteiger partial charge in [0, 0.05) is 10.4 Å². The first kappa shape index (κ1) is 21.6. The Bertz CT molecular complexity index is 1240. The van der Waals surface area contributed by atoms with Crippen LogP contribution < -0.4 is 9.47 Å². The van der Waals surface area contributed by atoms with E-state index < -0.39 is 5.97 Å². The van der Waals surface area contributed by atoms with Crippen LogP contribution in [0.25, 0.3) is 10.8 Å². The predicted molar refractivity (Wildman–Crippen MR) is 121 cm³/mol. The summed E-state index contributed by atoms with van der Waals surface area (Å²) in [5.74, 6) is 0.424. The number of hydrogen-bond acceptors (Lipinski definition) is 6. The topological polar surface area (TPSA) is 75.5 Å². The first-order valence-electron chi connectivity index (χ1n) is 10.1. The lowest BCUT2D eigenvalue weighted by Crippen LogP contribution is -2.11. The maximum absolute atomic E-state index is 12.4. The number of nitrogens with zero attached hydrogens (tertiary/aromatic N) is 3. The fourth-order valence-electron chi connectivity index (χ4n) is 3.38.